The van der Waals surface area contributed by atoms with Crippen LogP contribution < -0.4 is 5.32 Å². The molecule has 1 N–H and O–H groups in total. The Morgan fingerprint density at radius 1 is 1.13 bits per heavy atom. The van der Waals surface area contributed by atoms with Gasteiger partial charge >= 0.3 is 0 Å². The monoisotopic (exact) mass is 335 g/mol. The predicted molar refractivity (Wildman–Crippen MR) is 86.7 cm³/mol. The number of amides is 1. The smallest absolute Gasteiger partial charge is 0.243 e. The number of carbonyl (C=O) groups is 1. The largest absolute Gasteiger partial charge is 0.326 e. The van der Waals surface area contributed by atoms with E-state index in [-0.39, 0.29) is 5.91 Å². The van der Waals surface area contributed by atoms with E-state index in [9.17, 15) is 13.2 Å². The molecular weight excluding hydrogens is 314 g/mol. The summed E-state index contributed by atoms with van der Waals surface area (Å²) in [5.74, 6) is -0.00883. The molecule has 3 aliphatic heterocycles. The van der Waals surface area contributed by atoms with E-state index >= 15 is 0 Å². The van der Waals surface area contributed by atoms with E-state index in [4.69, 9.17) is 0 Å². The molecule has 0 radical (unpaired) electrons. The number of nitrogens with zero attached hydrogens (tertiary/aromatic N) is 2. The molecule has 0 spiro atoms. The number of sulfonamides is 1. The lowest BCUT2D eigenvalue weighted by molar-refractivity contribution is -0.116. The van der Waals surface area contributed by atoms with E-state index < -0.39 is 10.0 Å². The van der Waals surface area contributed by atoms with Crippen LogP contribution in [0, 0.1) is 0 Å². The van der Waals surface area contributed by atoms with Crippen LogP contribution in [-0.2, 0) is 21.2 Å². The van der Waals surface area contributed by atoms with Gasteiger partial charge < -0.3 is 5.32 Å². The topological polar surface area (TPSA) is 69.7 Å². The molecule has 2 saturated heterocycles. The molecule has 7 heteroatoms. The molecule has 2 fully saturated rings. The Morgan fingerprint density at radius 3 is 2.87 bits per heavy atom. The number of benzene rings is 1. The van der Waals surface area contributed by atoms with Crippen LogP contribution in [0.1, 0.15) is 24.8 Å². The molecule has 0 saturated carbocycles. The summed E-state index contributed by atoms with van der Waals surface area (Å²) in [4.78, 5) is 14.2. The summed E-state index contributed by atoms with van der Waals surface area (Å²) in [6.07, 6.45) is 3.26. The molecule has 0 aromatic heterocycles. The number of hydrogen-bond donors (Lipinski definition) is 1. The van der Waals surface area contributed by atoms with Gasteiger partial charge in [-0.05, 0) is 49.6 Å². The van der Waals surface area contributed by atoms with Crippen molar-refractivity contribution in [2.24, 2.45) is 0 Å². The van der Waals surface area contributed by atoms with E-state index in [0.29, 0.717) is 36.9 Å². The van der Waals surface area contributed by atoms with E-state index in [1.54, 1.807) is 22.5 Å². The first-order valence-electron chi connectivity index (χ1n) is 8.21. The van der Waals surface area contributed by atoms with Gasteiger partial charge in [-0.25, -0.2) is 8.42 Å². The highest BCUT2D eigenvalue weighted by atomic mass is 32.2. The molecule has 3 heterocycles. The maximum Gasteiger partial charge on any atom is 0.243 e. The van der Waals surface area contributed by atoms with Crippen LogP contribution in [0.2, 0.25) is 0 Å². The second-order valence-electron chi connectivity index (χ2n) is 6.56. The highest BCUT2D eigenvalue weighted by Crippen LogP contribution is 2.29. The van der Waals surface area contributed by atoms with Gasteiger partial charge in [-0.15, -0.1) is 0 Å². The molecule has 0 aliphatic carbocycles. The van der Waals surface area contributed by atoms with E-state index in [1.807, 2.05) is 0 Å². The van der Waals surface area contributed by atoms with E-state index in [0.717, 1.165) is 37.2 Å². The van der Waals surface area contributed by atoms with Crippen molar-refractivity contribution in [1.82, 2.24) is 9.21 Å². The molecule has 4 rings (SSSR count). The zero-order valence-corrected chi connectivity index (χ0v) is 13.8. The minimum Gasteiger partial charge on any atom is -0.326 e. The van der Waals surface area contributed by atoms with E-state index in [2.05, 4.69) is 10.2 Å². The molecule has 124 valence electrons. The van der Waals surface area contributed by atoms with Crippen molar-refractivity contribution in [3.63, 3.8) is 0 Å². The SMILES string of the molecule is O=C1CCc2cc(S(=O)(=O)N3CCN4CCCC4C3)ccc2N1. The van der Waals surface area contributed by atoms with Gasteiger partial charge in [-0.2, -0.15) is 4.31 Å². The van der Waals surface area contributed by atoms with Gasteiger partial charge in [0.2, 0.25) is 15.9 Å². The molecular formula is C16H21N3O3S. The third-order valence-electron chi connectivity index (χ3n) is 5.16. The first-order chi connectivity index (χ1) is 11.0. The third kappa shape index (κ3) is 2.66. The van der Waals surface area contributed by atoms with Gasteiger partial charge in [0.1, 0.15) is 0 Å². The molecule has 1 aromatic rings. The Labute approximate surface area is 136 Å². The van der Waals surface area contributed by atoms with Crippen LogP contribution in [0.3, 0.4) is 0 Å². The molecule has 6 nitrogen and oxygen atoms in total. The lowest BCUT2D eigenvalue weighted by atomic mass is 10.0. The molecule has 1 amide bonds. The van der Waals surface area contributed by atoms with E-state index in [1.165, 1.54) is 0 Å². The summed E-state index contributed by atoms with van der Waals surface area (Å²) < 4.78 is 27.5. The summed E-state index contributed by atoms with van der Waals surface area (Å²) >= 11 is 0. The second kappa shape index (κ2) is 5.58. The number of piperazine rings is 1. The van der Waals surface area contributed by atoms with Gasteiger partial charge in [-0.3, -0.25) is 9.69 Å². The first-order valence-corrected chi connectivity index (χ1v) is 9.65. The summed E-state index contributed by atoms with van der Waals surface area (Å²) in [6, 6.07) is 5.42. The fourth-order valence-electron chi connectivity index (χ4n) is 3.85. The van der Waals surface area contributed by atoms with Crippen molar-refractivity contribution in [2.45, 2.75) is 36.6 Å². The van der Waals surface area contributed by atoms with Gasteiger partial charge in [-0.1, -0.05) is 0 Å². The number of fused-ring (bicyclic) bond motifs is 2. The van der Waals surface area contributed by atoms with Crippen LogP contribution in [0.5, 0.6) is 0 Å². The number of aryl methyl sites for hydroxylation is 1. The predicted octanol–water partition coefficient (Wildman–Crippen LogP) is 1.04. The Morgan fingerprint density at radius 2 is 2.00 bits per heavy atom. The second-order valence-corrected chi connectivity index (χ2v) is 8.50. The van der Waals surface area contributed by atoms with Gasteiger partial charge in [0.25, 0.3) is 0 Å². The molecule has 1 unspecified atom stereocenters. The average molecular weight is 335 g/mol. The molecule has 1 atom stereocenters. The van der Waals surface area contributed by atoms with Crippen molar-refractivity contribution >= 4 is 21.6 Å². The number of rotatable bonds is 2. The van der Waals surface area contributed by atoms with Crippen molar-refractivity contribution in [1.29, 1.82) is 0 Å². The lowest BCUT2D eigenvalue weighted by Crippen LogP contribution is -2.51. The molecule has 0 bridgehead atoms. The number of anilines is 1. The first kappa shape index (κ1) is 15.1. The van der Waals surface area contributed by atoms with Crippen LogP contribution in [0.25, 0.3) is 0 Å². The minimum absolute atomic E-state index is 0.00883. The normalized spacial score (nSPS) is 25.7. The summed E-state index contributed by atoms with van der Waals surface area (Å²) in [5.41, 5.74) is 1.64. The van der Waals surface area contributed by atoms with Crippen molar-refractivity contribution in [2.75, 3.05) is 31.5 Å². The fourth-order valence-corrected chi connectivity index (χ4v) is 5.37. The maximum absolute atomic E-state index is 12.9. The molecule has 1 aromatic carbocycles. The van der Waals surface area contributed by atoms with Gasteiger partial charge in [0.15, 0.2) is 0 Å². The summed E-state index contributed by atoms with van der Waals surface area (Å²) in [6.45, 7) is 3.07. The minimum atomic E-state index is -3.45. The maximum atomic E-state index is 12.9. The zero-order chi connectivity index (χ0) is 16.0. The Bertz CT molecular complexity index is 747. The van der Waals surface area contributed by atoms with Crippen molar-refractivity contribution in [3.8, 4) is 0 Å². The third-order valence-corrected chi connectivity index (χ3v) is 7.02. The fraction of sp³-hybridized carbons (Fsp3) is 0.562. The van der Waals surface area contributed by atoms with Crippen LogP contribution in [0.15, 0.2) is 23.1 Å². The highest BCUT2D eigenvalue weighted by molar-refractivity contribution is 7.89. The number of nitrogens with one attached hydrogen (secondary N) is 1. The Kier molecular flexibility index (Phi) is 3.66. The Balaban J connectivity index is 1.60. The number of hydrogen-bond acceptors (Lipinski definition) is 4. The van der Waals surface area contributed by atoms with Crippen LogP contribution in [-0.4, -0.2) is 55.8 Å². The molecule has 23 heavy (non-hydrogen) atoms. The average Bonchev–Trinajstić information content (AvgIpc) is 3.01. The summed E-state index contributed by atoms with van der Waals surface area (Å²) in [7, 11) is -3.45. The van der Waals surface area contributed by atoms with Gasteiger partial charge in [0.05, 0.1) is 4.90 Å². The van der Waals surface area contributed by atoms with Crippen LogP contribution in [0.4, 0.5) is 5.69 Å². The standard InChI is InChI=1S/C16H21N3O3S/c20-16-6-3-12-10-14(4-5-15(12)17-16)23(21,22)19-9-8-18-7-1-2-13(18)11-19/h4-5,10,13H,1-3,6-9,11H2,(H,17,20). The van der Waals surface area contributed by atoms with Crippen molar-refractivity contribution < 1.29 is 13.2 Å². The van der Waals surface area contributed by atoms with Crippen LogP contribution >= 0.6 is 0 Å². The van der Waals surface area contributed by atoms with Gasteiger partial charge in [0, 0.05) is 37.8 Å². The van der Waals surface area contributed by atoms with Crippen molar-refractivity contribution in [3.05, 3.63) is 23.8 Å². The Hall–Kier alpha value is -1.44. The molecule has 3 aliphatic rings. The quantitative estimate of drug-likeness (QED) is 0.877. The lowest BCUT2D eigenvalue weighted by Gasteiger charge is -2.36. The highest BCUT2D eigenvalue weighted by Gasteiger charge is 2.36. The number of carbonyl (C=O) groups excluding carboxylic acids is 1. The zero-order valence-electron chi connectivity index (χ0n) is 13.0. The summed E-state index contributed by atoms with van der Waals surface area (Å²) in [5, 5.41) is 2.79.